The van der Waals surface area contributed by atoms with Gasteiger partial charge in [-0.15, -0.1) is 0 Å². The summed E-state index contributed by atoms with van der Waals surface area (Å²) in [5.74, 6) is -0.142. The van der Waals surface area contributed by atoms with Gasteiger partial charge in [0.05, 0.1) is 6.61 Å². The minimum absolute atomic E-state index is 0.0420. The van der Waals surface area contributed by atoms with Gasteiger partial charge < -0.3 is 5.11 Å². The van der Waals surface area contributed by atoms with E-state index in [1.54, 1.807) is 0 Å². The topological polar surface area (TPSA) is 37.3 Å². The average Bonchev–Trinajstić information content (AvgIpc) is 1.89. The fourth-order valence-corrected chi connectivity index (χ4v) is 0.669. The molecule has 0 radical (unpaired) electrons. The molecule has 0 saturated heterocycles. The number of carbonyl (C=O) groups is 1. The molecular weight excluding hydrogens is 128 g/mol. The molecule has 0 saturated carbocycles. The molecule has 1 unspecified atom stereocenters. The molecule has 58 valence electrons. The summed E-state index contributed by atoms with van der Waals surface area (Å²) in [4.78, 5) is 10.7. The minimum atomic E-state index is -0.198. The lowest BCUT2D eigenvalue weighted by Gasteiger charge is -2.05. The number of allylic oxidation sites excluding steroid dienone is 2. The lowest BCUT2D eigenvalue weighted by atomic mass is 10.0. The third-order valence-electron chi connectivity index (χ3n) is 1.45. The van der Waals surface area contributed by atoms with Gasteiger partial charge in [0, 0.05) is 5.92 Å². The van der Waals surface area contributed by atoms with Crippen LogP contribution in [-0.4, -0.2) is 17.5 Å². The van der Waals surface area contributed by atoms with Gasteiger partial charge in [-0.1, -0.05) is 12.2 Å². The Bertz CT molecular complexity index is 127. The number of aliphatic hydroxyl groups excluding tert-OH is 1. The second-order valence-corrected chi connectivity index (χ2v) is 2.29. The number of ketones is 1. The molecule has 0 aliphatic carbocycles. The fraction of sp³-hybridized carbons (Fsp3) is 0.625. The zero-order valence-corrected chi connectivity index (χ0v) is 6.50. The summed E-state index contributed by atoms with van der Waals surface area (Å²) in [5.41, 5.74) is 0. The van der Waals surface area contributed by atoms with E-state index in [4.69, 9.17) is 5.11 Å². The Balaban J connectivity index is 3.71. The van der Waals surface area contributed by atoms with Crippen LogP contribution in [0.5, 0.6) is 0 Å². The molecule has 0 aliphatic heterocycles. The lowest BCUT2D eigenvalue weighted by molar-refractivity contribution is -0.121. The Morgan fingerprint density at radius 3 is 2.60 bits per heavy atom. The largest absolute Gasteiger partial charge is 0.396 e. The molecule has 1 N–H and O–H groups in total. The van der Waals surface area contributed by atoms with Crippen molar-refractivity contribution in [3.05, 3.63) is 12.2 Å². The molecule has 0 rings (SSSR count). The van der Waals surface area contributed by atoms with Crippen LogP contribution in [0.25, 0.3) is 0 Å². The first-order valence-electron chi connectivity index (χ1n) is 3.44. The average molecular weight is 142 g/mol. The number of carbonyl (C=O) groups excluding carboxylic acids is 1. The SMILES string of the molecule is CC=CCC(CO)C(C)=O. The number of rotatable bonds is 4. The predicted molar refractivity (Wildman–Crippen MR) is 40.7 cm³/mol. The van der Waals surface area contributed by atoms with Gasteiger partial charge in [0.1, 0.15) is 5.78 Å². The summed E-state index contributed by atoms with van der Waals surface area (Å²) >= 11 is 0. The first kappa shape index (κ1) is 9.37. The third kappa shape index (κ3) is 3.41. The first-order chi connectivity index (χ1) is 4.72. The maximum Gasteiger partial charge on any atom is 0.135 e. The molecular formula is C8H14O2. The summed E-state index contributed by atoms with van der Waals surface area (Å²) in [6, 6.07) is 0. The quantitative estimate of drug-likeness (QED) is 0.598. The molecule has 0 heterocycles. The van der Waals surface area contributed by atoms with Crippen LogP contribution in [-0.2, 0) is 4.79 Å². The van der Waals surface area contributed by atoms with Crippen molar-refractivity contribution in [2.45, 2.75) is 20.3 Å². The molecule has 0 aromatic heterocycles. The van der Waals surface area contributed by atoms with Crippen LogP contribution in [0.4, 0.5) is 0 Å². The number of Topliss-reactive ketones (excluding diaryl/α,β-unsaturated/α-hetero) is 1. The third-order valence-corrected chi connectivity index (χ3v) is 1.45. The van der Waals surface area contributed by atoms with E-state index in [2.05, 4.69) is 0 Å². The van der Waals surface area contributed by atoms with Crippen molar-refractivity contribution in [2.75, 3.05) is 6.61 Å². The summed E-state index contributed by atoms with van der Waals surface area (Å²) in [6.07, 6.45) is 4.43. The minimum Gasteiger partial charge on any atom is -0.396 e. The summed E-state index contributed by atoms with van der Waals surface area (Å²) < 4.78 is 0. The smallest absolute Gasteiger partial charge is 0.135 e. The van der Waals surface area contributed by atoms with Gasteiger partial charge in [-0.3, -0.25) is 4.79 Å². The highest BCUT2D eigenvalue weighted by molar-refractivity contribution is 5.78. The molecule has 0 fully saturated rings. The molecule has 1 atom stereocenters. The van der Waals surface area contributed by atoms with Crippen molar-refractivity contribution in [1.29, 1.82) is 0 Å². The molecule has 0 aliphatic rings. The van der Waals surface area contributed by atoms with E-state index in [0.29, 0.717) is 6.42 Å². The van der Waals surface area contributed by atoms with E-state index in [1.165, 1.54) is 6.92 Å². The predicted octanol–water partition coefficient (Wildman–Crippen LogP) is 1.15. The van der Waals surface area contributed by atoms with Gasteiger partial charge in [0.2, 0.25) is 0 Å². The Kier molecular flexibility index (Phi) is 4.85. The number of hydrogen-bond acceptors (Lipinski definition) is 2. The lowest BCUT2D eigenvalue weighted by Crippen LogP contribution is -2.13. The van der Waals surface area contributed by atoms with Crippen molar-refractivity contribution >= 4 is 5.78 Å². The van der Waals surface area contributed by atoms with Gasteiger partial charge in [0.25, 0.3) is 0 Å². The van der Waals surface area contributed by atoms with Crippen LogP contribution in [0.2, 0.25) is 0 Å². The summed E-state index contributed by atoms with van der Waals surface area (Å²) in [7, 11) is 0. The van der Waals surface area contributed by atoms with Gasteiger partial charge in [0.15, 0.2) is 0 Å². The van der Waals surface area contributed by atoms with Crippen LogP contribution >= 0.6 is 0 Å². The van der Waals surface area contributed by atoms with Gasteiger partial charge in [-0.05, 0) is 20.3 Å². The highest BCUT2D eigenvalue weighted by Gasteiger charge is 2.09. The van der Waals surface area contributed by atoms with Crippen molar-refractivity contribution < 1.29 is 9.90 Å². The van der Waals surface area contributed by atoms with Crippen molar-refractivity contribution in [3.63, 3.8) is 0 Å². The monoisotopic (exact) mass is 142 g/mol. The number of hydrogen-bond donors (Lipinski definition) is 1. The van der Waals surface area contributed by atoms with E-state index < -0.39 is 0 Å². The normalized spacial score (nSPS) is 13.9. The molecule has 0 bridgehead atoms. The van der Waals surface area contributed by atoms with Crippen LogP contribution in [0.1, 0.15) is 20.3 Å². The maximum atomic E-state index is 10.7. The Morgan fingerprint density at radius 1 is 1.70 bits per heavy atom. The molecule has 10 heavy (non-hydrogen) atoms. The van der Waals surface area contributed by atoms with E-state index in [-0.39, 0.29) is 18.3 Å². The Morgan fingerprint density at radius 2 is 2.30 bits per heavy atom. The molecule has 2 nitrogen and oxygen atoms in total. The molecule has 2 heteroatoms. The maximum absolute atomic E-state index is 10.7. The van der Waals surface area contributed by atoms with Crippen molar-refractivity contribution in [1.82, 2.24) is 0 Å². The number of aliphatic hydroxyl groups is 1. The van der Waals surface area contributed by atoms with Crippen LogP contribution in [0.15, 0.2) is 12.2 Å². The highest BCUT2D eigenvalue weighted by Crippen LogP contribution is 2.03. The second-order valence-electron chi connectivity index (χ2n) is 2.29. The summed E-state index contributed by atoms with van der Waals surface area (Å²) in [6.45, 7) is 3.36. The molecule has 0 aromatic carbocycles. The van der Waals surface area contributed by atoms with E-state index in [9.17, 15) is 4.79 Å². The van der Waals surface area contributed by atoms with Crippen LogP contribution in [0.3, 0.4) is 0 Å². The van der Waals surface area contributed by atoms with E-state index in [0.717, 1.165) is 0 Å². The van der Waals surface area contributed by atoms with Gasteiger partial charge in [-0.2, -0.15) is 0 Å². The Labute approximate surface area is 61.6 Å². The standard InChI is InChI=1S/C8H14O2/c1-3-4-5-8(6-9)7(2)10/h3-4,8-9H,5-6H2,1-2H3. The summed E-state index contributed by atoms with van der Waals surface area (Å²) in [5, 5.41) is 8.67. The van der Waals surface area contributed by atoms with Gasteiger partial charge >= 0.3 is 0 Å². The van der Waals surface area contributed by atoms with Crippen LogP contribution < -0.4 is 0 Å². The van der Waals surface area contributed by atoms with E-state index in [1.807, 2.05) is 19.1 Å². The first-order valence-corrected chi connectivity index (χ1v) is 3.44. The highest BCUT2D eigenvalue weighted by atomic mass is 16.3. The van der Waals surface area contributed by atoms with E-state index >= 15 is 0 Å². The zero-order valence-electron chi connectivity index (χ0n) is 6.50. The van der Waals surface area contributed by atoms with Crippen LogP contribution in [0, 0.1) is 5.92 Å². The van der Waals surface area contributed by atoms with Crippen molar-refractivity contribution in [3.8, 4) is 0 Å². The second kappa shape index (κ2) is 5.18. The fourth-order valence-electron chi connectivity index (χ4n) is 0.669. The molecule has 0 aromatic rings. The zero-order chi connectivity index (χ0) is 7.98. The van der Waals surface area contributed by atoms with Gasteiger partial charge in [-0.25, -0.2) is 0 Å². The molecule has 0 spiro atoms. The van der Waals surface area contributed by atoms with Crippen molar-refractivity contribution in [2.24, 2.45) is 5.92 Å². The Hall–Kier alpha value is -0.630. The molecule has 0 amide bonds.